The van der Waals surface area contributed by atoms with Gasteiger partial charge in [-0.15, -0.1) is 0 Å². The fourth-order valence-electron chi connectivity index (χ4n) is 2.52. The zero-order valence-electron chi connectivity index (χ0n) is 9.92. The molecule has 0 saturated carbocycles. The number of methoxy groups -OCH3 is 1. The maximum Gasteiger partial charge on any atom is 0.119 e. The third kappa shape index (κ3) is 1.93. The van der Waals surface area contributed by atoms with Crippen LogP contribution in [0, 0.1) is 0 Å². The molecule has 1 aliphatic rings. The van der Waals surface area contributed by atoms with Gasteiger partial charge in [0, 0.05) is 6.54 Å². The fraction of sp³-hybridized carbons (Fsp3) is 0.538. The van der Waals surface area contributed by atoms with Crippen LogP contribution < -0.4 is 10.1 Å². The largest absolute Gasteiger partial charge is 0.497 e. The van der Waals surface area contributed by atoms with E-state index in [0.29, 0.717) is 6.54 Å². The van der Waals surface area contributed by atoms with E-state index in [4.69, 9.17) is 4.74 Å². The van der Waals surface area contributed by atoms with Crippen molar-refractivity contribution in [3.63, 3.8) is 0 Å². The van der Waals surface area contributed by atoms with Crippen molar-refractivity contribution in [2.45, 2.75) is 24.9 Å². The summed E-state index contributed by atoms with van der Waals surface area (Å²) in [7, 11) is 3.52. The summed E-state index contributed by atoms with van der Waals surface area (Å²) in [5.74, 6) is 0.815. The third-order valence-electron chi connectivity index (χ3n) is 3.32. The minimum absolute atomic E-state index is 0.590. The minimum atomic E-state index is -0.739. The molecule has 0 fully saturated rings. The lowest BCUT2D eigenvalue weighted by Crippen LogP contribution is -2.39. The molecule has 3 nitrogen and oxygen atoms in total. The van der Waals surface area contributed by atoms with Gasteiger partial charge in [0.05, 0.1) is 7.11 Å². The quantitative estimate of drug-likeness (QED) is 0.811. The van der Waals surface area contributed by atoms with Crippen LogP contribution in [0.15, 0.2) is 18.2 Å². The average Bonchev–Trinajstić information content (AvgIpc) is 2.29. The van der Waals surface area contributed by atoms with E-state index in [9.17, 15) is 5.11 Å². The number of nitrogens with one attached hydrogen (secondary N) is 1. The molecule has 0 aliphatic heterocycles. The minimum Gasteiger partial charge on any atom is -0.497 e. The predicted octanol–water partition coefficient (Wildman–Crippen LogP) is 1.44. The molecule has 2 N–H and O–H groups in total. The second kappa shape index (κ2) is 4.44. The maximum absolute atomic E-state index is 10.6. The van der Waals surface area contributed by atoms with Gasteiger partial charge in [-0.25, -0.2) is 0 Å². The van der Waals surface area contributed by atoms with E-state index >= 15 is 0 Å². The number of aryl methyl sites for hydroxylation is 1. The van der Waals surface area contributed by atoms with Gasteiger partial charge >= 0.3 is 0 Å². The van der Waals surface area contributed by atoms with Crippen LogP contribution in [0.4, 0.5) is 0 Å². The van der Waals surface area contributed by atoms with Crippen LogP contribution in [0.5, 0.6) is 5.75 Å². The van der Waals surface area contributed by atoms with Crippen LogP contribution in [-0.2, 0) is 12.0 Å². The molecular weight excluding hydrogens is 202 g/mol. The molecule has 1 aliphatic carbocycles. The van der Waals surface area contributed by atoms with Gasteiger partial charge in [-0.3, -0.25) is 0 Å². The number of ether oxygens (including phenoxy) is 1. The molecule has 0 spiro atoms. The number of hydrogen-bond acceptors (Lipinski definition) is 3. The molecule has 1 atom stereocenters. The molecule has 2 rings (SSSR count). The highest BCUT2D eigenvalue weighted by Gasteiger charge is 2.33. The van der Waals surface area contributed by atoms with E-state index in [1.807, 2.05) is 19.2 Å². The van der Waals surface area contributed by atoms with Gasteiger partial charge in [0.1, 0.15) is 11.4 Å². The van der Waals surface area contributed by atoms with E-state index in [1.165, 1.54) is 5.56 Å². The average molecular weight is 221 g/mol. The molecule has 0 heterocycles. The Hall–Kier alpha value is -1.06. The van der Waals surface area contributed by atoms with Crippen LogP contribution in [-0.4, -0.2) is 25.8 Å². The predicted molar refractivity (Wildman–Crippen MR) is 63.8 cm³/mol. The highest BCUT2D eigenvalue weighted by atomic mass is 16.5. The van der Waals surface area contributed by atoms with Crippen LogP contribution >= 0.6 is 0 Å². The lowest BCUT2D eigenvalue weighted by molar-refractivity contribution is 0.0209. The first-order valence-corrected chi connectivity index (χ1v) is 5.74. The summed E-state index contributed by atoms with van der Waals surface area (Å²) in [6.07, 6.45) is 2.90. The number of benzene rings is 1. The van der Waals surface area contributed by atoms with Gasteiger partial charge in [0.25, 0.3) is 0 Å². The van der Waals surface area contributed by atoms with Gasteiger partial charge in [-0.1, -0.05) is 6.07 Å². The SMILES string of the molecule is CNCC1(O)CCCc2ccc(OC)cc21. The van der Waals surface area contributed by atoms with Gasteiger partial charge in [-0.2, -0.15) is 0 Å². The molecule has 0 saturated heterocycles. The Balaban J connectivity index is 2.42. The summed E-state index contributed by atoms with van der Waals surface area (Å²) in [4.78, 5) is 0. The van der Waals surface area contributed by atoms with Crippen molar-refractivity contribution in [1.29, 1.82) is 0 Å². The normalized spacial score (nSPS) is 23.9. The Labute approximate surface area is 96.4 Å². The summed E-state index contributed by atoms with van der Waals surface area (Å²) in [6, 6.07) is 5.99. The van der Waals surface area contributed by atoms with Gasteiger partial charge in [0.2, 0.25) is 0 Å². The van der Waals surface area contributed by atoms with E-state index in [0.717, 1.165) is 30.6 Å². The molecule has 0 bridgehead atoms. The number of rotatable bonds is 3. The first-order chi connectivity index (χ1) is 7.69. The third-order valence-corrected chi connectivity index (χ3v) is 3.32. The van der Waals surface area contributed by atoms with E-state index < -0.39 is 5.60 Å². The van der Waals surface area contributed by atoms with Crippen LogP contribution in [0.2, 0.25) is 0 Å². The highest BCUT2D eigenvalue weighted by Crippen LogP contribution is 2.36. The molecule has 88 valence electrons. The molecule has 3 heteroatoms. The van der Waals surface area contributed by atoms with Gasteiger partial charge in [0.15, 0.2) is 0 Å². The van der Waals surface area contributed by atoms with Crippen molar-refractivity contribution in [2.75, 3.05) is 20.7 Å². The zero-order chi connectivity index (χ0) is 11.6. The Morgan fingerprint density at radius 2 is 2.31 bits per heavy atom. The molecule has 0 radical (unpaired) electrons. The Morgan fingerprint density at radius 3 is 3.00 bits per heavy atom. The molecule has 0 amide bonds. The van der Waals surface area contributed by atoms with Gasteiger partial charge < -0.3 is 15.2 Å². The smallest absolute Gasteiger partial charge is 0.119 e. The second-order valence-electron chi connectivity index (χ2n) is 4.44. The Bertz CT molecular complexity index is 378. The first kappa shape index (κ1) is 11.4. The molecule has 1 aromatic carbocycles. The van der Waals surface area contributed by atoms with Crippen molar-refractivity contribution in [3.05, 3.63) is 29.3 Å². The number of hydrogen-bond donors (Lipinski definition) is 2. The van der Waals surface area contributed by atoms with E-state index in [-0.39, 0.29) is 0 Å². The molecule has 16 heavy (non-hydrogen) atoms. The number of aliphatic hydroxyl groups is 1. The Kier molecular flexibility index (Phi) is 3.17. The zero-order valence-corrected chi connectivity index (χ0v) is 9.92. The van der Waals surface area contributed by atoms with Crippen LogP contribution in [0.25, 0.3) is 0 Å². The topological polar surface area (TPSA) is 41.5 Å². The van der Waals surface area contributed by atoms with Crippen molar-refractivity contribution < 1.29 is 9.84 Å². The monoisotopic (exact) mass is 221 g/mol. The highest BCUT2D eigenvalue weighted by molar-refractivity contribution is 5.41. The number of fused-ring (bicyclic) bond motifs is 1. The summed E-state index contributed by atoms with van der Waals surface area (Å²) >= 11 is 0. The fourth-order valence-corrected chi connectivity index (χ4v) is 2.52. The molecule has 1 aromatic rings. The summed E-state index contributed by atoms with van der Waals surface area (Å²) < 4.78 is 5.22. The summed E-state index contributed by atoms with van der Waals surface area (Å²) in [6.45, 7) is 0.590. The lowest BCUT2D eigenvalue weighted by atomic mass is 9.79. The maximum atomic E-state index is 10.6. The lowest BCUT2D eigenvalue weighted by Gasteiger charge is -2.34. The standard InChI is InChI=1S/C13H19NO2/c1-14-9-13(15)7-3-4-10-5-6-11(16-2)8-12(10)13/h5-6,8,14-15H,3-4,7,9H2,1-2H3. The van der Waals surface area contributed by atoms with Crippen molar-refractivity contribution in [2.24, 2.45) is 0 Å². The first-order valence-electron chi connectivity index (χ1n) is 5.74. The van der Waals surface area contributed by atoms with Crippen molar-refractivity contribution in [1.82, 2.24) is 5.32 Å². The van der Waals surface area contributed by atoms with E-state index in [2.05, 4.69) is 11.4 Å². The summed E-state index contributed by atoms with van der Waals surface area (Å²) in [5, 5.41) is 13.7. The van der Waals surface area contributed by atoms with Crippen LogP contribution in [0.3, 0.4) is 0 Å². The molecule has 0 aromatic heterocycles. The van der Waals surface area contributed by atoms with Gasteiger partial charge in [-0.05, 0) is 49.6 Å². The Morgan fingerprint density at radius 1 is 1.50 bits per heavy atom. The number of likely N-dealkylation sites (N-methyl/N-ethyl adjacent to an activating group) is 1. The second-order valence-corrected chi connectivity index (χ2v) is 4.44. The van der Waals surface area contributed by atoms with E-state index in [1.54, 1.807) is 7.11 Å². The molecule has 1 unspecified atom stereocenters. The van der Waals surface area contributed by atoms with Crippen molar-refractivity contribution in [3.8, 4) is 5.75 Å². The van der Waals surface area contributed by atoms with Crippen LogP contribution in [0.1, 0.15) is 24.0 Å². The van der Waals surface area contributed by atoms with Crippen molar-refractivity contribution >= 4 is 0 Å². The summed E-state index contributed by atoms with van der Waals surface area (Å²) in [5.41, 5.74) is 1.52. The molecular formula is C13H19NO2.